The standard InChI is InChI=1S/C18H22N4O2/c1-5-17(23)20-15-8-6-7-14(9-15)10-18(24)19-12(2)16-11-22(4)21-13(16)3/h5-9,11-12H,1,10H2,2-4H3,(H,19,24)(H,20,23). The van der Waals surface area contributed by atoms with Gasteiger partial charge in [-0.3, -0.25) is 14.3 Å². The molecule has 0 fully saturated rings. The van der Waals surface area contributed by atoms with Crippen LogP contribution >= 0.6 is 0 Å². The zero-order valence-corrected chi connectivity index (χ0v) is 14.2. The van der Waals surface area contributed by atoms with Crippen molar-refractivity contribution in [3.05, 3.63) is 59.9 Å². The topological polar surface area (TPSA) is 76.0 Å². The number of carbonyl (C=O) groups is 2. The van der Waals surface area contributed by atoms with E-state index in [1.54, 1.807) is 22.9 Å². The van der Waals surface area contributed by atoms with Gasteiger partial charge in [0.05, 0.1) is 18.2 Å². The van der Waals surface area contributed by atoms with Crippen LogP contribution in [0.1, 0.15) is 29.8 Å². The third-order valence-electron chi connectivity index (χ3n) is 3.64. The first-order chi connectivity index (χ1) is 11.4. The summed E-state index contributed by atoms with van der Waals surface area (Å²) in [6.45, 7) is 7.27. The number of hydrogen-bond donors (Lipinski definition) is 2. The van der Waals surface area contributed by atoms with Crippen molar-refractivity contribution in [2.24, 2.45) is 7.05 Å². The Hall–Kier alpha value is -2.89. The van der Waals surface area contributed by atoms with Gasteiger partial charge >= 0.3 is 0 Å². The minimum absolute atomic E-state index is 0.0852. The normalized spacial score (nSPS) is 11.6. The summed E-state index contributed by atoms with van der Waals surface area (Å²) in [6, 6.07) is 7.08. The van der Waals surface area contributed by atoms with E-state index in [1.165, 1.54) is 6.08 Å². The molecule has 1 aromatic heterocycles. The Morgan fingerprint density at radius 3 is 2.79 bits per heavy atom. The van der Waals surface area contributed by atoms with Gasteiger partial charge in [-0.25, -0.2) is 0 Å². The van der Waals surface area contributed by atoms with Gasteiger partial charge in [0.15, 0.2) is 0 Å². The lowest BCUT2D eigenvalue weighted by Gasteiger charge is -2.13. The predicted molar refractivity (Wildman–Crippen MR) is 93.5 cm³/mol. The van der Waals surface area contributed by atoms with Gasteiger partial charge in [-0.1, -0.05) is 18.7 Å². The number of rotatable bonds is 6. The number of nitrogens with one attached hydrogen (secondary N) is 2. The van der Waals surface area contributed by atoms with Crippen LogP contribution in [-0.4, -0.2) is 21.6 Å². The molecule has 24 heavy (non-hydrogen) atoms. The van der Waals surface area contributed by atoms with E-state index >= 15 is 0 Å². The molecule has 0 saturated carbocycles. The van der Waals surface area contributed by atoms with Gasteiger partial charge in [-0.2, -0.15) is 5.10 Å². The number of carbonyl (C=O) groups excluding carboxylic acids is 2. The third-order valence-corrected chi connectivity index (χ3v) is 3.64. The van der Waals surface area contributed by atoms with Crippen molar-refractivity contribution < 1.29 is 9.59 Å². The van der Waals surface area contributed by atoms with Crippen LogP contribution in [0.25, 0.3) is 0 Å². The molecule has 0 aliphatic rings. The first kappa shape index (κ1) is 17.5. The molecule has 1 heterocycles. The summed E-state index contributed by atoms with van der Waals surface area (Å²) >= 11 is 0. The fourth-order valence-corrected chi connectivity index (χ4v) is 2.55. The molecule has 1 unspecified atom stereocenters. The summed E-state index contributed by atoms with van der Waals surface area (Å²) in [5.74, 6) is -0.366. The molecular formula is C18H22N4O2. The van der Waals surface area contributed by atoms with Crippen molar-refractivity contribution in [3.8, 4) is 0 Å². The number of amides is 2. The van der Waals surface area contributed by atoms with Crippen molar-refractivity contribution in [1.29, 1.82) is 0 Å². The molecule has 0 saturated heterocycles. The SMILES string of the molecule is C=CC(=O)Nc1cccc(CC(=O)NC(C)c2cn(C)nc2C)c1. The van der Waals surface area contributed by atoms with Crippen LogP contribution in [0, 0.1) is 6.92 Å². The Morgan fingerprint density at radius 1 is 1.42 bits per heavy atom. The molecule has 6 nitrogen and oxygen atoms in total. The van der Waals surface area contributed by atoms with E-state index in [1.807, 2.05) is 33.2 Å². The van der Waals surface area contributed by atoms with E-state index in [4.69, 9.17) is 0 Å². The maximum atomic E-state index is 12.3. The van der Waals surface area contributed by atoms with Crippen LogP contribution in [0.15, 0.2) is 43.1 Å². The summed E-state index contributed by atoms with van der Waals surface area (Å²) < 4.78 is 1.74. The first-order valence-corrected chi connectivity index (χ1v) is 7.71. The van der Waals surface area contributed by atoms with E-state index in [-0.39, 0.29) is 24.3 Å². The summed E-state index contributed by atoms with van der Waals surface area (Å²) in [7, 11) is 1.86. The van der Waals surface area contributed by atoms with Crippen LogP contribution in [0.2, 0.25) is 0 Å². The maximum absolute atomic E-state index is 12.3. The third kappa shape index (κ3) is 4.55. The monoisotopic (exact) mass is 326 g/mol. The summed E-state index contributed by atoms with van der Waals surface area (Å²) in [6.07, 6.45) is 3.35. The molecule has 0 aliphatic carbocycles. The van der Waals surface area contributed by atoms with Crippen molar-refractivity contribution in [2.45, 2.75) is 26.3 Å². The fourth-order valence-electron chi connectivity index (χ4n) is 2.55. The second-order valence-electron chi connectivity index (χ2n) is 5.70. The van der Waals surface area contributed by atoms with Crippen LogP contribution in [-0.2, 0) is 23.1 Å². The Balaban J connectivity index is 1.99. The van der Waals surface area contributed by atoms with E-state index < -0.39 is 0 Å². The van der Waals surface area contributed by atoms with Crippen LogP contribution in [0.4, 0.5) is 5.69 Å². The zero-order chi connectivity index (χ0) is 17.7. The van der Waals surface area contributed by atoms with Crippen molar-refractivity contribution in [3.63, 3.8) is 0 Å². The molecule has 0 radical (unpaired) electrons. The summed E-state index contributed by atoms with van der Waals surface area (Å²) in [4.78, 5) is 23.6. The highest BCUT2D eigenvalue weighted by atomic mass is 16.2. The zero-order valence-electron chi connectivity index (χ0n) is 14.2. The lowest BCUT2D eigenvalue weighted by molar-refractivity contribution is -0.121. The molecule has 2 rings (SSSR count). The van der Waals surface area contributed by atoms with Gasteiger partial charge < -0.3 is 10.6 Å². The molecule has 0 bridgehead atoms. The average Bonchev–Trinajstić information content (AvgIpc) is 2.86. The van der Waals surface area contributed by atoms with E-state index in [9.17, 15) is 9.59 Å². The van der Waals surface area contributed by atoms with Gasteiger partial charge in [-0.15, -0.1) is 0 Å². The molecule has 0 spiro atoms. The summed E-state index contributed by atoms with van der Waals surface area (Å²) in [5.41, 5.74) is 3.36. The van der Waals surface area contributed by atoms with Crippen LogP contribution in [0.3, 0.4) is 0 Å². The average molecular weight is 326 g/mol. The molecule has 1 aromatic carbocycles. The second kappa shape index (κ2) is 7.59. The number of nitrogens with zero attached hydrogens (tertiary/aromatic N) is 2. The molecule has 1 atom stereocenters. The minimum atomic E-state index is -0.280. The Morgan fingerprint density at radius 2 is 2.17 bits per heavy atom. The Bertz CT molecular complexity index is 764. The predicted octanol–water partition coefficient (Wildman–Crippen LogP) is 2.27. The van der Waals surface area contributed by atoms with Crippen molar-refractivity contribution in [1.82, 2.24) is 15.1 Å². The molecule has 2 amide bonds. The van der Waals surface area contributed by atoms with E-state index in [0.717, 1.165) is 16.8 Å². The number of hydrogen-bond acceptors (Lipinski definition) is 3. The van der Waals surface area contributed by atoms with E-state index in [0.29, 0.717) is 5.69 Å². The van der Waals surface area contributed by atoms with E-state index in [2.05, 4.69) is 22.3 Å². The number of aryl methyl sites for hydroxylation is 2. The smallest absolute Gasteiger partial charge is 0.247 e. The molecular weight excluding hydrogens is 304 g/mol. The first-order valence-electron chi connectivity index (χ1n) is 7.71. The molecule has 6 heteroatoms. The molecule has 2 N–H and O–H groups in total. The highest BCUT2D eigenvalue weighted by Crippen LogP contribution is 2.16. The summed E-state index contributed by atoms with van der Waals surface area (Å²) in [5, 5.41) is 9.94. The lowest BCUT2D eigenvalue weighted by atomic mass is 10.1. The van der Waals surface area contributed by atoms with Crippen LogP contribution in [0.5, 0.6) is 0 Å². The lowest BCUT2D eigenvalue weighted by Crippen LogP contribution is -2.28. The molecule has 126 valence electrons. The number of benzene rings is 1. The second-order valence-corrected chi connectivity index (χ2v) is 5.70. The van der Waals surface area contributed by atoms with Crippen molar-refractivity contribution in [2.75, 3.05) is 5.32 Å². The van der Waals surface area contributed by atoms with Gasteiger partial charge in [0.1, 0.15) is 0 Å². The maximum Gasteiger partial charge on any atom is 0.247 e. The van der Waals surface area contributed by atoms with Crippen LogP contribution < -0.4 is 10.6 Å². The van der Waals surface area contributed by atoms with Gasteiger partial charge in [0.25, 0.3) is 0 Å². The Kier molecular flexibility index (Phi) is 5.52. The fraction of sp³-hybridized carbons (Fsp3) is 0.278. The van der Waals surface area contributed by atoms with Crippen molar-refractivity contribution >= 4 is 17.5 Å². The quantitative estimate of drug-likeness (QED) is 0.800. The van der Waals surface area contributed by atoms with Gasteiger partial charge in [0, 0.05) is 24.5 Å². The molecule has 2 aromatic rings. The number of aromatic nitrogens is 2. The minimum Gasteiger partial charge on any atom is -0.349 e. The highest BCUT2D eigenvalue weighted by Gasteiger charge is 2.14. The molecule has 0 aliphatic heterocycles. The highest BCUT2D eigenvalue weighted by molar-refractivity contribution is 5.98. The van der Waals surface area contributed by atoms with Gasteiger partial charge in [-0.05, 0) is 37.6 Å². The number of anilines is 1. The van der Waals surface area contributed by atoms with Gasteiger partial charge in [0.2, 0.25) is 11.8 Å². The Labute approximate surface area is 141 Å². The largest absolute Gasteiger partial charge is 0.349 e.